The number of amides is 2. The molecule has 0 fully saturated rings. The fourth-order valence-corrected chi connectivity index (χ4v) is 3.31. The van der Waals surface area contributed by atoms with Gasteiger partial charge in [0.1, 0.15) is 11.8 Å². The second kappa shape index (κ2) is 11.7. The highest BCUT2D eigenvalue weighted by atomic mass is 35.5. The first-order valence-corrected chi connectivity index (χ1v) is 10.3. The summed E-state index contributed by atoms with van der Waals surface area (Å²) in [6, 6.07) is 13.9. The van der Waals surface area contributed by atoms with E-state index in [0.717, 1.165) is 5.56 Å². The molecule has 2 aromatic rings. The zero-order chi connectivity index (χ0) is 21.2. The van der Waals surface area contributed by atoms with Gasteiger partial charge in [0.25, 0.3) is 0 Å². The van der Waals surface area contributed by atoms with Crippen molar-refractivity contribution in [2.75, 3.05) is 13.7 Å². The summed E-state index contributed by atoms with van der Waals surface area (Å²) in [5.41, 5.74) is 0.808. The van der Waals surface area contributed by atoms with Crippen LogP contribution in [0.25, 0.3) is 0 Å². The number of benzene rings is 2. The van der Waals surface area contributed by atoms with Gasteiger partial charge >= 0.3 is 0 Å². The summed E-state index contributed by atoms with van der Waals surface area (Å²) in [6.07, 6.45) is 1.31. The minimum absolute atomic E-state index is 0.111. The number of hydrogen-bond donors (Lipinski definition) is 1. The van der Waals surface area contributed by atoms with E-state index in [1.54, 1.807) is 42.3 Å². The summed E-state index contributed by atoms with van der Waals surface area (Å²) in [5, 5.41) is 3.86. The van der Waals surface area contributed by atoms with Gasteiger partial charge < -0.3 is 15.0 Å². The highest BCUT2D eigenvalue weighted by molar-refractivity contribution is 6.31. The first-order chi connectivity index (χ1) is 14.0. The molecule has 0 heterocycles. The number of ether oxygens (including phenoxy) is 1. The lowest BCUT2D eigenvalue weighted by molar-refractivity contribution is -0.141. The van der Waals surface area contributed by atoms with Gasteiger partial charge in [0.15, 0.2) is 0 Å². The fourth-order valence-electron chi connectivity index (χ4n) is 2.98. The van der Waals surface area contributed by atoms with Gasteiger partial charge in [-0.3, -0.25) is 9.59 Å². The predicted octanol–water partition coefficient (Wildman–Crippen LogP) is 4.71. The van der Waals surface area contributed by atoms with E-state index < -0.39 is 6.04 Å². The van der Waals surface area contributed by atoms with Crippen LogP contribution in [0.15, 0.2) is 48.5 Å². The minimum Gasteiger partial charge on any atom is -0.494 e. The van der Waals surface area contributed by atoms with Crippen molar-refractivity contribution in [2.24, 2.45) is 0 Å². The molecular formula is C22H26Cl2N2O3. The number of rotatable bonds is 10. The van der Waals surface area contributed by atoms with Gasteiger partial charge in [-0.15, -0.1) is 0 Å². The molecule has 7 heteroatoms. The molecule has 2 aromatic carbocycles. The lowest BCUT2D eigenvalue weighted by Gasteiger charge is -2.30. The monoisotopic (exact) mass is 436 g/mol. The molecule has 0 spiro atoms. The maximum absolute atomic E-state index is 13.0. The summed E-state index contributed by atoms with van der Waals surface area (Å²) < 4.78 is 5.65. The van der Waals surface area contributed by atoms with Crippen LogP contribution in [0.1, 0.15) is 31.7 Å². The molecule has 156 valence electrons. The Balaban J connectivity index is 2.02. The average Bonchev–Trinajstić information content (AvgIpc) is 2.73. The Morgan fingerprint density at radius 1 is 1.10 bits per heavy atom. The van der Waals surface area contributed by atoms with E-state index in [2.05, 4.69) is 5.32 Å². The van der Waals surface area contributed by atoms with Crippen LogP contribution in [0.5, 0.6) is 5.75 Å². The summed E-state index contributed by atoms with van der Waals surface area (Å²) in [4.78, 5) is 26.9. The van der Waals surface area contributed by atoms with Gasteiger partial charge in [-0.1, -0.05) is 48.3 Å². The van der Waals surface area contributed by atoms with Crippen molar-refractivity contribution in [3.63, 3.8) is 0 Å². The van der Waals surface area contributed by atoms with Crippen LogP contribution in [0, 0.1) is 0 Å². The third kappa shape index (κ3) is 6.94. The Bertz CT molecular complexity index is 812. The number of carbonyl (C=O) groups is 2. The normalized spacial score (nSPS) is 11.6. The molecule has 0 aliphatic rings. The van der Waals surface area contributed by atoms with Crippen LogP contribution in [-0.2, 0) is 16.1 Å². The Morgan fingerprint density at radius 3 is 2.41 bits per heavy atom. The van der Waals surface area contributed by atoms with Gasteiger partial charge in [-0.25, -0.2) is 0 Å². The number of halogens is 2. The summed E-state index contributed by atoms with van der Waals surface area (Å²) >= 11 is 12.1. The molecule has 0 saturated carbocycles. The van der Waals surface area contributed by atoms with Gasteiger partial charge in [-0.2, -0.15) is 0 Å². The molecule has 0 aromatic heterocycles. The molecule has 29 heavy (non-hydrogen) atoms. The SMILES string of the molecule is CCC(C(=O)NC)N(Cc1ccccc1Cl)C(=O)CCCOc1ccc(Cl)cc1. The van der Waals surface area contributed by atoms with Crippen molar-refractivity contribution >= 4 is 35.0 Å². The zero-order valence-corrected chi connectivity index (χ0v) is 18.2. The summed E-state index contributed by atoms with van der Waals surface area (Å²) in [7, 11) is 1.57. The smallest absolute Gasteiger partial charge is 0.242 e. The van der Waals surface area contributed by atoms with Gasteiger partial charge in [0.05, 0.1) is 6.61 Å². The lowest BCUT2D eigenvalue weighted by atomic mass is 10.1. The molecule has 2 amide bonds. The second-order valence-electron chi connectivity index (χ2n) is 6.56. The van der Waals surface area contributed by atoms with E-state index in [0.29, 0.717) is 35.2 Å². The molecule has 0 aliphatic heterocycles. The maximum atomic E-state index is 13.0. The van der Waals surface area contributed by atoms with Gasteiger partial charge in [0.2, 0.25) is 11.8 Å². The molecule has 1 atom stereocenters. The molecule has 1 N–H and O–H groups in total. The van der Waals surface area contributed by atoms with Crippen molar-refractivity contribution in [2.45, 2.75) is 38.8 Å². The quantitative estimate of drug-likeness (QED) is 0.548. The fraction of sp³-hybridized carbons (Fsp3) is 0.364. The molecule has 0 saturated heterocycles. The number of nitrogens with zero attached hydrogens (tertiary/aromatic N) is 1. The molecular weight excluding hydrogens is 411 g/mol. The van der Waals surface area contributed by atoms with E-state index in [-0.39, 0.29) is 24.8 Å². The summed E-state index contributed by atoms with van der Waals surface area (Å²) in [6.45, 7) is 2.56. The van der Waals surface area contributed by atoms with Crippen molar-refractivity contribution in [3.8, 4) is 5.75 Å². The zero-order valence-electron chi connectivity index (χ0n) is 16.7. The number of likely N-dealkylation sites (N-methyl/N-ethyl adjacent to an activating group) is 1. The Labute approximate surface area is 181 Å². The first kappa shape index (κ1) is 23.0. The standard InChI is InChI=1S/C22H26Cl2N2O3/c1-3-20(22(28)25-2)26(15-16-7-4-5-8-19(16)24)21(27)9-6-14-29-18-12-10-17(23)11-13-18/h4-5,7-8,10-13,20H,3,6,9,14-15H2,1-2H3,(H,25,28). The Kier molecular flexibility index (Phi) is 9.29. The number of carbonyl (C=O) groups excluding carboxylic acids is 2. The van der Waals surface area contributed by atoms with E-state index >= 15 is 0 Å². The lowest BCUT2D eigenvalue weighted by Crippen LogP contribution is -2.48. The number of nitrogens with one attached hydrogen (secondary N) is 1. The van der Waals surface area contributed by atoms with Crippen LogP contribution in [0.4, 0.5) is 0 Å². The number of hydrogen-bond acceptors (Lipinski definition) is 3. The van der Waals surface area contributed by atoms with E-state index in [9.17, 15) is 9.59 Å². The molecule has 0 aliphatic carbocycles. The topological polar surface area (TPSA) is 58.6 Å². The van der Waals surface area contributed by atoms with Crippen LogP contribution >= 0.6 is 23.2 Å². The van der Waals surface area contributed by atoms with Crippen LogP contribution in [0.2, 0.25) is 10.0 Å². The van der Waals surface area contributed by atoms with Crippen LogP contribution < -0.4 is 10.1 Å². The van der Waals surface area contributed by atoms with Gasteiger partial charge in [-0.05, 0) is 48.7 Å². The molecule has 0 bridgehead atoms. The Morgan fingerprint density at radius 2 is 1.79 bits per heavy atom. The van der Waals surface area contributed by atoms with Crippen molar-refractivity contribution in [1.82, 2.24) is 10.2 Å². The van der Waals surface area contributed by atoms with E-state index in [1.165, 1.54) is 0 Å². The highest BCUT2D eigenvalue weighted by Gasteiger charge is 2.28. The predicted molar refractivity (Wildman–Crippen MR) is 116 cm³/mol. The third-order valence-electron chi connectivity index (χ3n) is 4.55. The molecule has 5 nitrogen and oxygen atoms in total. The second-order valence-corrected chi connectivity index (χ2v) is 7.40. The van der Waals surface area contributed by atoms with Crippen molar-refractivity contribution in [1.29, 1.82) is 0 Å². The largest absolute Gasteiger partial charge is 0.494 e. The first-order valence-electron chi connectivity index (χ1n) is 9.59. The van der Waals surface area contributed by atoms with Crippen molar-refractivity contribution in [3.05, 3.63) is 64.1 Å². The Hall–Kier alpha value is -2.24. The van der Waals surface area contributed by atoms with Crippen LogP contribution in [0.3, 0.4) is 0 Å². The average molecular weight is 437 g/mol. The maximum Gasteiger partial charge on any atom is 0.242 e. The van der Waals surface area contributed by atoms with Crippen LogP contribution in [-0.4, -0.2) is 36.4 Å². The van der Waals surface area contributed by atoms with E-state index in [4.69, 9.17) is 27.9 Å². The van der Waals surface area contributed by atoms with Gasteiger partial charge in [0, 0.05) is 30.1 Å². The van der Waals surface area contributed by atoms with E-state index in [1.807, 2.05) is 25.1 Å². The molecule has 1 unspecified atom stereocenters. The minimum atomic E-state index is -0.555. The molecule has 2 rings (SSSR count). The van der Waals surface area contributed by atoms with Crippen molar-refractivity contribution < 1.29 is 14.3 Å². The highest BCUT2D eigenvalue weighted by Crippen LogP contribution is 2.21. The summed E-state index contributed by atoms with van der Waals surface area (Å²) in [5.74, 6) is 0.400. The molecule has 0 radical (unpaired) electrons. The third-order valence-corrected chi connectivity index (χ3v) is 5.17.